The lowest BCUT2D eigenvalue weighted by molar-refractivity contribution is -0.132. The van der Waals surface area contributed by atoms with Crippen LogP contribution in [0.25, 0.3) is 0 Å². The second-order valence-corrected chi connectivity index (χ2v) is 7.03. The molecule has 2 heterocycles. The number of amides is 2. The van der Waals surface area contributed by atoms with Crippen molar-refractivity contribution in [2.45, 2.75) is 39.7 Å². The number of carbonyl (C=O) groups is 2. The predicted molar refractivity (Wildman–Crippen MR) is 96.5 cm³/mol. The highest BCUT2D eigenvalue weighted by atomic mass is 16.2. The van der Waals surface area contributed by atoms with Gasteiger partial charge in [0.05, 0.1) is 0 Å². The van der Waals surface area contributed by atoms with E-state index < -0.39 is 5.54 Å². The van der Waals surface area contributed by atoms with Gasteiger partial charge in [-0.05, 0) is 63.4 Å². The maximum absolute atomic E-state index is 12.8. The Kier molecular flexibility index (Phi) is 4.14. The second-order valence-electron chi connectivity index (χ2n) is 7.03. The van der Waals surface area contributed by atoms with Crippen molar-refractivity contribution in [3.05, 3.63) is 46.8 Å². The Labute approximate surface area is 147 Å². The molecule has 6 nitrogen and oxygen atoms in total. The molecule has 0 bridgehead atoms. The van der Waals surface area contributed by atoms with E-state index in [1.54, 1.807) is 29.6 Å². The fourth-order valence-corrected chi connectivity index (χ4v) is 3.01. The summed E-state index contributed by atoms with van der Waals surface area (Å²) < 4.78 is 1.67. The Morgan fingerprint density at radius 2 is 1.88 bits per heavy atom. The van der Waals surface area contributed by atoms with Crippen LogP contribution in [-0.2, 0) is 11.8 Å². The van der Waals surface area contributed by atoms with Crippen molar-refractivity contribution < 1.29 is 9.59 Å². The van der Waals surface area contributed by atoms with Crippen LogP contribution in [0.3, 0.4) is 0 Å². The van der Waals surface area contributed by atoms with Crippen molar-refractivity contribution in [3.8, 4) is 0 Å². The van der Waals surface area contributed by atoms with Gasteiger partial charge in [-0.3, -0.25) is 14.3 Å². The summed E-state index contributed by atoms with van der Waals surface area (Å²) in [4.78, 5) is 27.1. The smallest absolute Gasteiger partial charge is 0.275 e. The van der Waals surface area contributed by atoms with Crippen LogP contribution in [0.15, 0.2) is 24.3 Å². The molecule has 1 N–H and O–H groups in total. The predicted octanol–water partition coefficient (Wildman–Crippen LogP) is 2.59. The summed E-state index contributed by atoms with van der Waals surface area (Å²) in [6.07, 6.45) is 0.640. The number of nitrogens with zero attached hydrogens (tertiary/aromatic N) is 3. The van der Waals surface area contributed by atoms with E-state index in [2.05, 4.69) is 10.4 Å². The number of benzene rings is 1. The van der Waals surface area contributed by atoms with E-state index in [0.717, 1.165) is 16.9 Å². The van der Waals surface area contributed by atoms with Crippen molar-refractivity contribution in [1.82, 2.24) is 14.7 Å². The second kappa shape index (κ2) is 6.02. The standard InChI is InChI=1S/C19H24N4O2/c1-12-6-7-15(10-13(12)2)20-18(25)19(4)8-9-23(19)17(24)16-11-14(3)22(5)21-16/h6-7,10-11H,8-9H2,1-5H3,(H,20,25). The maximum atomic E-state index is 12.8. The van der Waals surface area contributed by atoms with Crippen molar-refractivity contribution >= 4 is 17.5 Å². The maximum Gasteiger partial charge on any atom is 0.275 e. The van der Waals surface area contributed by atoms with E-state index in [-0.39, 0.29) is 11.8 Å². The lowest BCUT2D eigenvalue weighted by atomic mass is 9.85. The zero-order chi connectivity index (χ0) is 18.4. The summed E-state index contributed by atoms with van der Waals surface area (Å²) in [5.41, 5.74) is 3.49. The Bertz CT molecular complexity index is 836. The largest absolute Gasteiger partial charge is 0.324 e. The summed E-state index contributed by atoms with van der Waals surface area (Å²) in [5, 5.41) is 7.18. The van der Waals surface area contributed by atoms with Crippen molar-refractivity contribution in [2.75, 3.05) is 11.9 Å². The zero-order valence-electron chi connectivity index (χ0n) is 15.4. The molecule has 1 atom stereocenters. The van der Waals surface area contributed by atoms with Crippen LogP contribution < -0.4 is 5.32 Å². The summed E-state index contributed by atoms with van der Waals surface area (Å²) in [7, 11) is 1.80. The first-order valence-electron chi connectivity index (χ1n) is 8.44. The van der Waals surface area contributed by atoms with Gasteiger partial charge in [0.1, 0.15) is 5.54 Å². The average molecular weight is 340 g/mol. The molecule has 1 saturated heterocycles. The normalized spacial score (nSPS) is 19.5. The highest BCUT2D eigenvalue weighted by Gasteiger charge is 2.50. The number of likely N-dealkylation sites (tertiary alicyclic amines) is 1. The third-order valence-corrected chi connectivity index (χ3v) is 5.25. The summed E-state index contributed by atoms with van der Waals surface area (Å²) in [5.74, 6) is -0.365. The van der Waals surface area contributed by atoms with Gasteiger partial charge < -0.3 is 10.2 Å². The highest BCUT2D eigenvalue weighted by molar-refractivity contribution is 6.04. The van der Waals surface area contributed by atoms with Crippen LogP contribution in [0.1, 0.15) is 40.7 Å². The molecule has 1 aliphatic rings. The van der Waals surface area contributed by atoms with E-state index in [1.807, 2.05) is 39.0 Å². The Morgan fingerprint density at radius 3 is 2.40 bits per heavy atom. The van der Waals surface area contributed by atoms with Crippen LogP contribution >= 0.6 is 0 Å². The van der Waals surface area contributed by atoms with Crippen LogP contribution in [0.4, 0.5) is 5.69 Å². The van der Waals surface area contributed by atoms with Crippen molar-refractivity contribution in [1.29, 1.82) is 0 Å². The molecule has 1 aromatic heterocycles. The van der Waals surface area contributed by atoms with Gasteiger partial charge in [-0.15, -0.1) is 0 Å². The monoisotopic (exact) mass is 340 g/mol. The van der Waals surface area contributed by atoms with Gasteiger partial charge in [0, 0.05) is 25.0 Å². The SMILES string of the molecule is Cc1ccc(NC(=O)C2(C)CCN2C(=O)c2cc(C)n(C)n2)cc1C. The Balaban J connectivity index is 1.77. The molecule has 0 aliphatic carbocycles. The Hall–Kier alpha value is -2.63. The fourth-order valence-electron chi connectivity index (χ4n) is 3.01. The van der Waals surface area contributed by atoms with Gasteiger partial charge in [-0.1, -0.05) is 6.07 Å². The van der Waals surface area contributed by atoms with Gasteiger partial charge in [-0.2, -0.15) is 5.10 Å². The van der Waals surface area contributed by atoms with Crippen molar-refractivity contribution in [2.24, 2.45) is 7.05 Å². The van der Waals surface area contributed by atoms with Gasteiger partial charge in [-0.25, -0.2) is 0 Å². The number of anilines is 1. The molecule has 2 amide bonds. The fraction of sp³-hybridized carbons (Fsp3) is 0.421. The van der Waals surface area contributed by atoms with Gasteiger partial charge in [0.2, 0.25) is 5.91 Å². The Morgan fingerprint density at radius 1 is 1.16 bits per heavy atom. The number of hydrogen-bond acceptors (Lipinski definition) is 3. The molecule has 1 aliphatic heterocycles. The van der Waals surface area contributed by atoms with Gasteiger partial charge in [0.25, 0.3) is 5.91 Å². The molecule has 25 heavy (non-hydrogen) atoms. The summed E-state index contributed by atoms with van der Waals surface area (Å²) >= 11 is 0. The molecule has 0 radical (unpaired) electrons. The summed E-state index contributed by atoms with van der Waals surface area (Å²) in [6, 6.07) is 7.57. The number of aromatic nitrogens is 2. The number of nitrogens with one attached hydrogen (secondary N) is 1. The third-order valence-electron chi connectivity index (χ3n) is 5.25. The van der Waals surface area contributed by atoms with E-state index in [9.17, 15) is 9.59 Å². The minimum atomic E-state index is -0.846. The lowest BCUT2D eigenvalue weighted by Gasteiger charge is -2.48. The molecule has 1 aromatic carbocycles. The molecule has 2 aromatic rings. The molecular formula is C19H24N4O2. The molecule has 0 saturated carbocycles. The van der Waals surface area contributed by atoms with E-state index in [0.29, 0.717) is 18.7 Å². The molecular weight excluding hydrogens is 316 g/mol. The molecule has 0 spiro atoms. The van der Waals surface area contributed by atoms with E-state index in [1.165, 1.54) is 5.56 Å². The molecule has 132 valence electrons. The lowest BCUT2D eigenvalue weighted by Crippen LogP contribution is -2.66. The molecule has 1 fully saturated rings. The quantitative estimate of drug-likeness (QED) is 0.934. The first-order valence-corrected chi connectivity index (χ1v) is 8.44. The van der Waals surface area contributed by atoms with Crippen LogP contribution in [0.5, 0.6) is 0 Å². The number of carbonyl (C=O) groups excluding carboxylic acids is 2. The molecule has 3 rings (SSSR count). The first kappa shape index (κ1) is 17.2. The van der Waals surface area contributed by atoms with Crippen LogP contribution in [0, 0.1) is 20.8 Å². The zero-order valence-corrected chi connectivity index (χ0v) is 15.4. The van der Waals surface area contributed by atoms with Gasteiger partial charge in [0.15, 0.2) is 5.69 Å². The summed E-state index contributed by atoms with van der Waals surface area (Å²) in [6.45, 7) is 8.30. The molecule has 1 unspecified atom stereocenters. The minimum Gasteiger partial charge on any atom is -0.324 e. The first-order chi connectivity index (χ1) is 11.7. The third kappa shape index (κ3) is 2.92. The highest BCUT2D eigenvalue weighted by Crippen LogP contribution is 2.33. The average Bonchev–Trinajstić information content (AvgIpc) is 2.88. The number of rotatable bonds is 3. The minimum absolute atomic E-state index is 0.164. The van der Waals surface area contributed by atoms with Crippen LogP contribution in [0.2, 0.25) is 0 Å². The van der Waals surface area contributed by atoms with Crippen molar-refractivity contribution in [3.63, 3.8) is 0 Å². The topological polar surface area (TPSA) is 67.2 Å². The van der Waals surface area contributed by atoms with E-state index in [4.69, 9.17) is 0 Å². The number of hydrogen-bond donors (Lipinski definition) is 1. The van der Waals surface area contributed by atoms with Gasteiger partial charge >= 0.3 is 0 Å². The molecule has 6 heteroatoms. The van der Waals surface area contributed by atoms with Crippen LogP contribution in [-0.4, -0.2) is 38.6 Å². The number of aryl methyl sites for hydroxylation is 4. The van der Waals surface area contributed by atoms with E-state index >= 15 is 0 Å².